The highest BCUT2D eigenvalue weighted by Gasteiger charge is 2.02. The number of rotatable bonds is 4. The number of hydrogen-bond donors (Lipinski definition) is 2. The quantitative estimate of drug-likeness (QED) is 0.852. The molecule has 0 bridgehead atoms. The summed E-state index contributed by atoms with van der Waals surface area (Å²) in [5.74, 6) is -0.0955. The molecule has 0 radical (unpaired) electrons. The maximum atomic E-state index is 11.2. The summed E-state index contributed by atoms with van der Waals surface area (Å²) in [7, 11) is 0. The first-order valence-corrected chi connectivity index (χ1v) is 7.17. The Labute approximate surface area is 129 Å². The van der Waals surface area contributed by atoms with Crippen LogP contribution < -0.4 is 10.6 Å². The summed E-state index contributed by atoms with van der Waals surface area (Å²) in [5.41, 5.74) is 3.28. The molecular formula is C16H17N3OS. The Hall–Kier alpha value is -2.27. The predicted molar refractivity (Wildman–Crippen MR) is 88.1 cm³/mol. The van der Waals surface area contributed by atoms with Crippen molar-refractivity contribution < 1.29 is 4.79 Å². The lowest BCUT2D eigenvalue weighted by Gasteiger charge is -2.09. The molecule has 0 fully saturated rings. The molecule has 0 aliphatic carbocycles. The average Bonchev–Trinajstić information content (AvgIpc) is 2.50. The third-order valence-corrected chi connectivity index (χ3v) is 3.15. The van der Waals surface area contributed by atoms with Gasteiger partial charge in [0.05, 0.1) is 0 Å². The van der Waals surface area contributed by atoms with Crippen LogP contribution in [0.15, 0.2) is 48.8 Å². The zero-order chi connectivity index (χ0) is 15.1. The van der Waals surface area contributed by atoms with E-state index in [-0.39, 0.29) is 5.91 Å². The van der Waals surface area contributed by atoms with Gasteiger partial charge in [0.25, 0.3) is 0 Å². The number of hydrogen-bond acceptors (Lipinski definition) is 3. The molecule has 0 aliphatic heterocycles. The molecule has 21 heavy (non-hydrogen) atoms. The minimum Gasteiger partial charge on any atom is -0.332 e. The molecule has 4 nitrogen and oxygen atoms in total. The zero-order valence-electron chi connectivity index (χ0n) is 11.8. The molecular weight excluding hydrogens is 282 g/mol. The molecule has 2 rings (SSSR count). The molecule has 0 atom stereocenters. The summed E-state index contributed by atoms with van der Waals surface area (Å²) in [6, 6.07) is 12.0. The van der Waals surface area contributed by atoms with E-state index in [1.807, 2.05) is 36.4 Å². The lowest BCUT2D eigenvalue weighted by atomic mass is 10.1. The van der Waals surface area contributed by atoms with Crippen LogP contribution in [-0.4, -0.2) is 16.0 Å². The van der Waals surface area contributed by atoms with E-state index in [9.17, 15) is 4.79 Å². The average molecular weight is 299 g/mol. The Bertz CT molecular complexity index is 611. The Kier molecular flexibility index (Phi) is 5.40. The van der Waals surface area contributed by atoms with Crippen molar-refractivity contribution in [3.05, 3.63) is 59.9 Å². The van der Waals surface area contributed by atoms with Crippen LogP contribution >= 0.6 is 12.2 Å². The third-order valence-electron chi connectivity index (χ3n) is 2.94. The van der Waals surface area contributed by atoms with Gasteiger partial charge < -0.3 is 10.6 Å². The van der Waals surface area contributed by atoms with Gasteiger partial charge >= 0.3 is 0 Å². The number of anilines is 1. The van der Waals surface area contributed by atoms with E-state index < -0.39 is 0 Å². The van der Waals surface area contributed by atoms with E-state index in [2.05, 4.69) is 15.6 Å². The Morgan fingerprint density at radius 3 is 2.33 bits per heavy atom. The number of aromatic nitrogens is 1. The monoisotopic (exact) mass is 299 g/mol. The lowest BCUT2D eigenvalue weighted by Crippen LogP contribution is -2.33. The van der Waals surface area contributed by atoms with Crippen LogP contribution in [-0.2, 0) is 11.2 Å². The molecule has 1 heterocycles. The van der Waals surface area contributed by atoms with E-state index in [0.717, 1.165) is 12.1 Å². The molecule has 0 saturated heterocycles. The molecule has 0 saturated carbocycles. The van der Waals surface area contributed by atoms with Gasteiger partial charge in [0.15, 0.2) is 5.11 Å². The zero-order valence-corrected chi connectivity index (χ0v) is 12.6. The van der Waals surface area contributed by atoms with Gasteiger partial charge in [0.1, 0.15) is 0 Å². The summed E-state index contributed by atoms with van der Waals surface area (Å²) in [6.45, 7) is 1.78. The first kappa shape index (κ1) is 15.1. The van der Waals surface area contributed by atoms with Gasteiger partial charge in [-0.1, -0.05) is 19.1 Å². The van der Waals surface area contributed by atoms with Gasteiger partial charge in [-0.2, -0.15) is 0 Å². The van der Waals surface area contributed by atoms with Crippen LogP contribution in [0, 0.1) is 0 Å². The van der Waals surface area contributed by atoms with Gasteiger partial charge in [-0.05, 0) is 54.0 Å². The molecule has 2 N–H and O–H groups in total. The van der Waals surface area contributed by atoms with Crippen LogP contribution in [0.4, 0.5) is 5.69 Å². The van der Waals surface area contributed by atoms with E-state index >= 15 is 0 Å². The molecule has 0 aliphatic rings. The minimum atomic E-state index is -0.0955. The Morgan fingerprint density at radius 2 is 1.71 bits per heavy atom. The van der Waals surface area contributed by atoms with Gasteiger partial charge in [-0.3, -0.25) is 9.78 Å². The van der Waals surface area contributed by atoms with Gasteiger partial charge in [-0.25, -0.2) is 0 Å². The molecule has 0 spiro atoms. The number of carbonyl (C=O) groups excluding carboxylic acids is 1. The summed E-state index contributed by atoms with van der Waals surface area (Å²) >= 11 is 5.07. The second-order valence-corrected chi connectivity index (χ2v) is 4.99. The highest BCUT2D eigenvalue weighted by molar-refractivity contribution is 7.80. The number of amides is 1. The van der Waals surface area contributed by atoms with Crippen LogP contribution in [0.5, 0.6) is 0 Å². The van der Waals surface area contributed by atoms with Crippen LogP contribution in [0.25, 0.3) is 0 Å². The Balaban J connectivity index is 1.93. The smallest absolute Gasteiger partial charge is 0.225 e. The van der Waals surface area contributed by atoms with E-state index in [0.29, 0.717) is 11.5 Å². The molecule has 5 heteroatoms. The summed E-state index contributed by atoms with van der Waals surface area (Å²) in [4.78, 5) is 15.2. The fraction of sp³-hybridized carbons (Fsp3) is 0.188. The van der Waals surface area contributed by atoms with Crippen molar-refractivity contribution in [1.29, 1.82) is 0 Å². The largest absolute Gasteiger partial charge is 0.332 e. The SMILES string of the molecule is CCC(=O)NC(=S)Nc1ccc(Cc2ccncc2)cc1. The highest BCUT2D eigenvalue weighted by atomic mass is 32.1. The molecule has 108 valence electrons. The van der Waals surface area contributed by atoms with Crippen molar-refractivity contribution in [1.82, 2.24) is 10.3 Å². The highest BCUT2D eigenvalue weighted by Crippen LogP contribution is 2.13. The maximum absolute atomic E-state index is 11.2. The van der Waals surface area contributed by atoms with Gasteiger partial charge in [-0.15, -0.1) is 0 Å². The Morgan fingerprint density at radius 1 is 1.10 bits per heavy atom. The fourth-order valence-corrected chi connectivity index (χ4v) is 2.05. The normalized spacial score (nSPS) is 9.95. The summed E-state index contributed by atoms with van der Waals surface area (Å²) < 4.78 is 0. The number of nitrogens with one attached hydrogen (secondary N) is 2. The minimum absolute atomic E-state index is 0.0955. The van der Waals surface area contributed by atoms with Crippen molar-refractivity contribution in [2.45, 2.75) is 19.8 Å². The van der Waals surface area contributed by atoms with E-state index in [4.69, 9.17) is 12.2 Å². The van der Waals surface area contributed by atoms with Crippen LogP contribution in [0.2, 0.25) is 0 Å². The van der Waals surface area contributed by atoms with Crippen LogP contribution in [0.3, 0.4) is 0 Å². The number of nitrogens with zero attached hydrogens (tertiary/aromatic N) is 1. The summed E-state index contributed by atoms with van der Waals surface area (Å²) in [5, 5.41) is 5.92. The maximum Gasteiger partial charge on any atom is 0.225 e. The van der Waals surface area contributed by atoms with Gasteiger partial charge in [0.2, 0.25) is 5.91 Å². The standard InChI is InChI=1S/C16H17N3OS/c1-2-15(20)19-16(21)18-14-5-3-12(4-6-14)11-13-7-9-17-10-8-13/h3-10H,2,11H2,1H3,(H2,18,19,20,21). The lowest BCUT2D eigenvalue weighted by molar-refractivity contribution is -0.119. The molecule has 1 aromatic carbocycles. The molecule has 2 aromatic rings. The summed E-state index contributed by atoms with van der Waals surface area (Å²) in [6.07, 6.45) is 4.85. The number of benzene rings is 1. The van der Waals surface area contributed by atoms with Crippen LogP contribution in [0.1, 0.15) is 24.5 Å². The first-order chi connectivity index (χ1) is 10.2. The van der Waals surface area contributed by atoms with Crippen molar-refractivity contribution in [3.8, 4) is 0 Å². The fourth-order valence-electron chi connectivity index (χ4n) is 1.82. The molecule has 0 unspecified atom stereocenters. The molecule has 1 aromatic heterocycles. The second kappa shape index (κ2) is 7.50. The van der Waals surface area contributed by atoms with Crippen molar-refractivity contribution in [2.75, 3.05) is 5.32 Å². The third kappa shape index (κ3) is 4.96. The first-order valence-electron chi connectivity index (χ1n) is 6.76. The second-order valence-electron chi connectivity index (χ2n) is 4.59. The predicted octanol–water partition coefficient (Wildman–Crippen LogP) is 2.90. The van der Waals surface area contributed by atoms with E-state index in [1.165, 1.54) is 11.1 Å². The van der Waals surface area contributed by atoms with Gasteiger partial charge in [0, 0.05) is 24.5 Å². The topological polar surface area (TPSA) is 54.0 Å². The van der Waals surface area contributed by atoms with Crippen molar-refractivity contribution in [2.24, 2.45) is 0 Å². The number of carbonyl (C=O) groups is 1. The van der Waals surface area contributed by atoms with Crippen molar-refractivity contribution >= 4 is 28.9 Å². The number of pyridine rings is 1. The molecule has 1 amide bonds. The van der Waals surface area contributed by atoms with Crippen molar-refractivity contribution in [3.63, 3.8) is 0 Å². The van der Waals surface area contributed by atoms with E-state index in [1.54, 1.807) is 19.3 Å². The number of thiocarbonyl (C=S) groups is 1.